The van der Waals surface area contributed by atoms with Gasteiger partial charge in [-0.05, 0) is 50.3 Å². The summed E-state index contributed by atoms with van der Waals surface area (Å²) in [6.07, 6.45) is 4.12. The lowest BCUT2D eigenvalue weighted by Crippen LogP contribution is -2.33. The number of aromatic amines is 1. The van der Waals surface area contributed by atoms with Gasteiger partial charge in [0.2, 0.25) is 5.91 Å². The third-order valence-corrected chi connectivity index (χ3v) is 5.44. The number of carbonyl (C=O) groups is 1. The maximum Gasteiger partial charge on any atom is 0.231 e. The number of nitrogens with one attached hydrogen (secondary N) is 2. The van der Waals surface area contributed by atoms with Crippen LogP contribution in [0.2, 0.25) is 0 Å². The molecule has 0 radical (unpaired) electrons. The van der Waals surface area contributed by atoms with Crippen LogP contribution < -0.4 is 19.5 Å². The number of anilines is 1. The zero-order valence-corrected chi connectivity index (χ0v) is 18.6. The van der Waals surface area contributed by atoms with Crippen molar-refractivity contribution in [1.29, 1.82) is 0 Å². The number of hydrogen-bond donors (Lipinski definition) is 2. The summed E-state index contributed by atoms with van der Waals surface area (Å²) in [7, 11) is 5.60. The number of nitrogens with zero attached hydrogens (tertiary/aromatic N) is 2. The lowest BCUT2D eigenvalue weighted by Gasteiger charge is -2.26. The van der Waals surface area contributed by atoms with E-state index in [9.17, 15) is 4.79 Å². The number of methoxy groups -OCH3 is 1. The quantitative estimate of drug-likeness (QED) is 0.564. The number of H-pyrrole nitrogens is 1. The Morgan fingerprint density at radius 2 is 2.12 bits per heavy atom. The van der Waals surface area contributed by atoms with Crippen molar-refractivity contribution in [3.8, 4) is 28.4 Å². The second-order valence-corrected chi connectivity index (χ2v) is 7.99. The molecule has 1 aliphatic rings. The van der Waals surface area contributed by atoms with Gasteiger partial charge in [0.15, 0.2) is 0 Å². The Morgan fingerprint density at radius 1 is 1.25 bits per heavy atom. The van der Waals surface area contributed by atoms with Crippen LogP contribution in [0.15, 0.2) is 48.8 Å². The lowest BCUT2D eigenvalue weighted by atomic mass is 9.95. The number of likely N-dealkylation sites (N-methyl/N-ethyl adjacent to an activating group) is 1. The summed E-state index contributed by atoms with van der Waals surface area (Å²) in [5.74, 6) is 1.67. The van der Waals surface area contributed by atoms with Gasteiger partial charge in [0.1, 0.15) is 30.5 Å². The first kappa shape index (κ1) is 21.7. The van der Waals surface area contributed by atoms with Crippen molar-refractivity contribution in [2.75, 3.05) is 46.3 Å². The van der Waals surface area contributed by atoms with E-state index in [2.05, 4.69) is 15.5 Å². The van der Waals surface area contributed by atoms with Crippen LogP contribution in [0.5, 0.6) is 17.2 Å². The Kier molecular flexibility index (Phi) is 6.61. The summed E-state index contributed by atoms with van der Waals surface area (Å²) in [5.41, 5.74) is 3.45. The molecule has 8 heteroatoms. The van der Waals surface area contributed by atoms with Gasteiger partial charge in [0.05, 0.1) is 24.9 Å². The Morgan fingerprint density at radius 3 is 2.88 bits per heavy atom. The van der Waals surface area contributed by atoms with Crippen LogP contribution in [-0.2, 0) is 11.2 Å². The molecular formula is C24H28N4O4. The smallest absolute Gasteiger partial charge is 0.231 e. The summed E-state index contributed by atoms with van der Waals surface area (Å²) in [5, 5.41) is 9.87. The van der Waals surface area contributed by atoms with Crippen LogP contribution >= 0.6 is 0 Å². The Labute approximate surface area is 187 Å². The summed E-state index contributed by atoms with van der Waals surface area (Å²) < 4.78 is 17.3. The second kappa shape index (κ2) is 9.74. The number of hydrogen-bond acceptors (Lipinski definition) is 6. The molecule has 2 N–H and O–H groups in total. The minimum Gasteiger partial charge on any atom is -0.496 e. The molecule has 8 nitrogen and oxygen atoms in total. The average Bonchev–Trinajstić information content (AvgIpc) is 3.34. The third kappa shape index (κ3) is 4.86. The summed E-state index contributed by atoms with van der Waals surface area (Å²) in [4.78, 5) is 15.2. The number of carbonyl (C=O) groups excluding carboxylic acids is 1. The molecule has 0 spiro atoms. The summed E-state index contributed by atoms with van der Waals surface area (Å²) >= 11 is 0. The summed E-state index contributed by atoms with van der Waals surface area (Å²) in [6.45, 7) is 1.58. The maximum atomic E-state index is 13.1. The Balaban J connectivity index is 1.52. The SMILES string of the molecule is COc1cccc2c1CC(C(=O)Nc1ccc(-c3cn[nH]c3)cc1OCCN(C)C)CO2. The van der Waals surface area contributed by atoms with Gasteiger partial charge >= 0.3 is 0 Å². The van der Waals surface area contributed by atoms with E-state index in [1.165, 1.54) is 0 Å². The van der Waals surface area contributed by atoms with Crippen LogP contribution in [-0.4, -0.2) is 62.0 Å². The lowest BCUT2D eigenvalue weighted by molar-refractivity contribution is -0.121. The number of rotatable bonds is 8. The number of amides is 1. The molecule has 32 heavy (non-hydrogen) atoms. The van der Waals surface area contributed by atoms with Crippen molar-refractivity contribution in [3.05, 3.63) is 54.4 Å². The van der Waals surface area contributed by atoms with E-state index >= 15 is 0 Å². The number of benzene rings is 2. The highest BCUT2D eigenvalue weighted by atomic mass is 16.5. The van der Waals surface area contributed by atoms with Gasteiger partial charge < -0.3 is 24.4 Å². The average molecular weight is 437 g/mol. The predicted molar refractivity (Wildman–Crippen MR) is 122 cm³/mol. The predicted octanol–water partition coefficient (Wildman–Crippen LogP) is 3.22. The van der Waals surface area contributed by atoms with Crippen molar-refractivity contribution in [1.82, 2.24) is 15.1 Å². The highest BCUT2D eigenvalue weighted by Gasteiger charge is 2.28. The van der Waals surface area contributed by atoms with E-state index in [1.807, 2.05) is 61.6 Å². The Bertz CT molecular complexity index is 1050. The highest BCUT2D eigenvalue weighted by molar-refractivity contribution is 5.95. The molecule has 0 bridgehead atoms. The van der Waals surface area contributed by atoms with E-state index < -0.39 is 0 Å². The van der Waals surface area contributed by atoms with E-state index in [4.69, 9.17) is 14.2 Å². The van der Waals surface area contributed by atoms with Crippen LogP contribution in [0.3, 0.4) is 0 Å². The van der Waals surface area contributed by atoms with Gasteiger partial charge in [0, 0.05) is 23.9 Å². The molecule has 1 aromatic heterocycles. The Hall–Kier alpha value is -3.52. The van der Waals surface area contributed by atoms with Crippen molar-refractivity contribution in [3.63, 3.8) is 0 Å². The van der Waals surface area contributed by atoms with Gasteiger partial charge in [-0.25, -0.2) is 0 Å². The molecule has 4 rings (SSSR count). The number of ether oxygens (including phenoxy) is 3. The fraction of sp³-hybridized carbons (Fsp3) is 0.333. The van der Waals surface area contributed by atoms with Gasteiger partial charge in [0.25, 0.3) is 0 Å². The topological polar surface area (TPSA) is 88.7 Å². The molecule has 1 atom stereocenters. The second-order valence-electron chi connectivity index (χ2n) is 7.99. The highest BCUT2D eigenvalue weighted by Crippen LogP contribution is 2.36. The minimum atomic E-state index is -0.332. The van der Waals surface area contributed by atoms with Crippen molar-refractivity contribution in [2.24, 2.45) is 5.92 Å². The molecule has 3 aromatic rings. The van der Waals surface area contributed by atoms with Crippen molar-refractivity contribution < 1.29 is 19.0 Å². The molecule has 0 saturated carbocycles. The molecule has 2 aromatic carbocycles. The fourth-order valence-corrected chi connectivity index (χ4v) is 3.64. The monoisotopic (exact) mass is 436 g/mol. The fourth-order valence-electron chi connectivity index (χ4n) is 3.64. The van der Waals surface area contributed by atoms with Crippen molar-refractivity contribution in [2.45, 2.75) is 6.42 Å². The molecular weight excluding hydrogens is 408 g/mol. The first-order valence-electron chi connectivity index (χ1n) is 10.6. The van der Waals surface area contributed by atoms with Gasteiger partial charge in [-0.2, -0.15) is 5.10 Å². The van der Waals surface area contributed by atoms with Crippen LogP contribution in [0.25, 0.3) is 11.1 Å². The van der Waals surface area contributed by atoms with Crippen LogP contribution in [0, 0.1) is 5.92 Å². The molecule has 0 saturated heterocycles. The molecule has 168 valence electrons. The number of aromatic nitrogens is 2. The minimum absolute atomic E-state index is 0.116. The standard InChI is InChI=1S/C24H28N4O4/c1-28(2)9-10-31-23-12-16(18-13-25-26-14-18)7-8-20(23)27-24(29)17-11-19-21(30-3)5-4-6-22(19)32-15-17/h4-8,12-14,17H,9-11,15H2,1-3H3,(H,25,26)(H,27,29). The molecule has 1 aliphatic heterocycles. The van der Waals surface area contributed by atoms with Gasteiger partial charge in [-0.3, -0.25) is 9.89 Å². The van der Waals surface area contributed by atoms with E-state index in [0.717, 1.165) is 34.7 Å². The molecule has 0 fully saturated rings. The first-order valence-corrected chi connectivity index (χ1v) is 10.6. The third-order valence-electron chi connectivity index (χ3n) is 5.44. The van der Waals surface area contributed by atoms with Crippen LogP contribution in [0.1, 0.15) is 5.56 Å². The van der Waals surface area contributed by atoms with Crippen molar-refractivity contribution >= 4 is 11.6 Å². The zero-order valence-electron chi connectivity index (χ0n) is 18.6. The number of fused-ring (bicyclic) bond motifs is 1. The molecule has 2 heterocycles. The zero-order chi connectivity index (χ0) is 22.5. The van der Waals surface area contributed by atoms with Crippen LogP contribution in [0.4, 0.5) is 5.69 Å². The van der Waals surface area contributed by atoms with Gasteiger partial charge in [-0.1, -0.05) is 12.1 Å². The van der Waals surface area contributed by atoms with E-state index in [1.54, 1.807) is 13.3 Å². The largest absolute Gasteiger partial charge is 0.496 e. The normalized spacial score (nSPS) is 15.1. The van der Waals surface area contributed by atoms with E-state index in [-0.39, 0.29) is 11.8 Å². The molecule has 1 amide bonds. The van der Waals surface area contributed by atoms with E-state index in [0.29, 0.717) is 31.1 Å². The van der Waals surface area contributed by atoms with Gasteiger partial charge in [-0.15, -0.1) is 0 Å². The molecule has 1 unspecified atom stereocenters. The molecule has 0 aliphatic carbocycles. The summed E-state index contributed by atoms with van der Waals surface area (Å²) in [6, 6.07) is 11.4. The maximum absolute atomic E-state index is 13.1. The first-order chi connectivity index (χ1) is 15.5.